The Morgan fingerprint density at radius 2 is 1.82 bits per heavy atom. The Morgan fingerprint density at radius 1 is 1.06 bits per heavy atom. The lowest BCUT2D eigenvalue weighted by atomic mass is 9.93. The predicted octanol–water partition coefficient (Wildman–Crippen LogP) is 2.25. The molecule has 2 heterocycles. The number of hydrogen-bond acceptors (Lipinski definition) is 3. The molecule has 0 bridgehead atoms. The molecule has 1 saturated carbocycles. The van der Waals surface area contributed by atoms with Gasteiger partial charge in [0.25, 0.3) is 0 Å². The van der Waals surface area contributed by atoms with Gasteiger partial charge in [-0.25, -0.2) is 0 Å². The highest BCUT2D eigenvalue weighted by Gasteiger charge is 2.24. The summed E-state index contributed by atoms with van der Waals surface area (Å²) in [7, 11) is 0. The second-order valence-corrected chi connectivity index (χ2v) is 5.41. The first-order valence-electron chi connectivity index (χ1n) is 7.05. The fourth-order valence-corrected chi connectivity index (χ4v) is 3.26. The van der Waals surface area contributed by atoms with Gasteiger partial charge in [-0.3, -0.25) is 0 Å². The summed E-state index contributed by atoms with van der Waals surface area (Å²) in [5.41, 5.74) is 0. The minimum Gasteiger partial charge on any atom is -0.317 e. The molecule has 2 fully saturated rings. The van der Waals surface area contributed by atoms with Gasteiger partial charge in [0.1, 0.15) is 12.2 Å². The molecule has 17 heavy (non-hydrogen) atoms. The van der Waals surface area contributed by atoms with Crippen LogP contribution in [0.15, 0.2) is 6.33 Å². The summed E-state index contributed by atoms with van der Waals surface area (Å²) >= 11 is 0. The summed E-state index contributed by atoms with van der Waals surface area (Å²) < 4.78 is 2.38. The lowest BCUT2D eigenvalue weighted by Crippen LogP contribution is -2.28. The van der Waals surface area contributed by atoms with Crippen molar-refractivity contribution < 1.29 is 0 Å². The first-order chi connectivity index (χ1) is 8.45. The van der Waals surface area contributed by atoms with Gasteiger partial charge >= 0.3 is 0 Å². The third-order valence-corrected chi connectivity index (χ3v) is 4.27. The van der Waals surface area contributed by atoms with Crippen LogP contribution in [0.5, 0.6) is 0 Å². The first-order valence-corrected chi connectivity index (χ1v) is 7.05. The van der Waals surface area contributed by atoms with Crippen LogP contribution in [0.2, 0.25) is 0 Å². The standard InChI is InChI=1S/C13H22N4/c1-2-4-12(5-3-1)17-10-15-16-13(17)11-6-8-14-9-7-11/h10-12,14H,1-9H2. The van der Waals surface area contributed by atoms with E-state index in [9.17, 15) is 0 Å². The highest BCUT2D eigenvalue weighted by Crippen LogP contribution is 2.32. The first kappa shape index (κ1) is 11.2. The molecule has 1 aromatic heterocycles. The molecule has 0 unspecified atom stereocenters. The van der Waals surface area contributed by atoms with Crippen molar-refractivity contribution in [2.75, 3.05) is 13.1 Å². The van der Waals surface area contributed by atoms with E-state index < -0.39 is 0 Å². The van der Waals surface area contributed by atoms with Gasteiger partial charge in [0, 0.05) is 12.0 Å². The quantitative estimate of drug-likeness (QED) is 0.853. The minimum atomic E-state index is 0.626. The summed E-state index contributed by atoms with van der Waals surface area (Å²) in [6.45, 7) is 2.25. The van der Waals surface area contributed by atoms with E-state index in [1.54, 1.807) is 0 Å². The molecule has 1 aliphatic carbocycles. The summed E-state index contributed by atoms with van der Waals surface area (Å²) in [5.74, 6) is 1.87. The molecule has 1 N–H and O–H groups in total. The van der Waals surface area contributed by atoms with Crippen molar-refractivity contribution in [3.63, 3.8) is 0 Å². The van der Waals surface area contributed by atoms with Crippen LogP contribution >= 0.6 is 0 Å². The van der Waals surface area contributed by atoms with Crippen LogP contribution in [0.3, 0.4) is 0 Å². The van der Waals surface area contributed by atoms with E-state index in [-0.39, 0.29) is 0 Å². The highest BCUT2D eigenvalue weighted by atomic mass is 15.3. The van der Waals surface area contributed by atoms with E-state index >= 15 is 0 Å². The normalized spacial score (nSPS) is 24.0. The zero-order valence-electron chi connectivity index (χ0n) is 10.4. The van der Waals surface area contributed by atoms with Crippen LogP contribution in [-0.4, -0.2) is 27.9 Å². The predicted molar refractivity (Wildman–Crippen MR) is 67.0 cm³/mol. The average Bonchev–Trinajstić information content (AvgIpc) is 2.90. The van der Waals surface area contributed by atoms with Crippen molar-refractivity contribution in [1.29, 1.82) is 0 Å². The maximum atomic E-state index is 4.40. The molecule has 1 saturated heterocycles. The molecule has 1 aromatic rings. The van der Waals surface area contributed by atoms with Crippen molar-refractivity contribution in [2.24, 2.45) is 0 Å². The molecule has 0 radical (unpaired) electrons. The van der Waals surface area contributed by atoms with Crippen LogP contribution in [0, 0.1) is 0 Å². The summed E-state index contributed by atoms with van der Waals surface area (Å²) in [4.78, 5) is 0. The Bertz CT molecular complexity index is 316. The lowest BCUT2D eigenvalue weighted by Gasteiger charge is -2.28. The number of piperidine rings is 1. The Morgan fingerprint density at radius 3 is 2.59 bits per heavy atom. The van der Waals surface area contributed by atoms with E-state index in [2.05, 4.69) is 20.1 Å². The van der Waals surface area contributed by atoms with Crippen molar-refractivity contribution in [2.45, 2.75) is 56.9 Å². The maximum absolute atomic E-state index is 4.40. The van der Waals surface area contributed by atoms with Crippen LogP contribution < -0.4 is 5.32 Å². The summed E-state index contributed by atoms with van der Waals surface area (Å²) in [5, 5.41) is 12.0. The number of aromatic nitrogens is 3. The Kier molecular flexibility index (Phi) is 3.41. The molecular formula is C13H22N4. The lowest BCUT2D eigenvalue weighted by molar-refractivity contribution is 0.330. The fraction of sp³-hybridized carbons (Fsp3) is 0.846. The average molecular weight is 234 g/mol. The molecule has 0 atom stereocenters. The fourth-order valence-electron chi connectivity index (χ4n) is 3.26. The van der Waals surface area contributed by atoms with Gasteiger partial charge < -0.3 is 9.88 Å². The number of nitrogens with zero attached hydrogens (tertiary/aromatic N) is 3. The molecular weight excluding hydrogens is 212 g/mol. The van der Waals surface area contributed by atoms with Gasteiger partial charge in [0.15, 0.2) is 0 Å². The molecule has 94 valence electrons. The number of nitrogens with one attached hydrogen (secondary N) is 1. The molecule has 0 aromatic carbocycles. The molecule has 1 aliphatic heterocycles. The highest BCUT2D eigenvalue weighted by molar-refractivity contribution is 5.01. The van der Waals surface area contributed by atoms with Crippen molar-refractivity contribution in [3.05, 3.63) is 12.2 Å². The second-order valence-electron chi connectivity index (χ2n) is 5.41. The number of hydrogen-bond donors (Lipinski definition) is 1. The van der Waals surface area contributed by atoms with Gasteiger partial charge in [-0.15, -0.1) is 10.2 Å². The van der Waals surface area contributed by atoms with Gasteiger partial charge in [-0.2, -0.15) is 0 Å². The van der Waals surface area contributed by atoms with Crippen molar-refractivity contribution in [1.82, 2.24) is 20.1 Å². The summed E-state index contributed by atoms with van der Waals surface area (Å²) in [6, 6.07) is 0.670. The van der Waals surface area contributed by atoms with E-state index in [0.717, 1.165) is 13.1 Å². The zero-order chi connectivity index (χ0) is 11.5. The monoisotopic (exact) mass is 234 g/mol. The van der Waals surface area contributed by atoms with E-state index in [4.69, 9.17) is 0 Å². The minimum absolute atomic E-state index is 0.626. The van der Waals surface area contributed by atoms with E-state index in [1.165, 1.54) is 50.8 Å². The van der Waals surface area contributed by atoms with Gasteiger partial charge in [-0.1, -0.05) is 19.3 Å². The molecule has 4 heteroatoms. The van der Waals surface area contributed by atoms with Crippen LogP contribution in [0.25, 0.3) is 0 Å². The van der Waals surface area contributed by atoms with Gasteiger partial charge in [0.2, 0.25) is 0 Å². The molecule has 0 amide bonds. The van der Waals surface area contributed by atoms with Crippen LogP contribution in [0.4, 0.5) is 0 Å². The van der Waals surface area contributed by atoms with E-state index in [1.807, 2.05) is 6.33 Å². The molecule has 4 nitrogen and oxygen atoms in total. The van der Waals surface area contributed by atoms with Crippen LogP contribution in [-0.2, 0) is 0 Å². The molecule has 2 aliphatic rings. The van der Waals surface area contributed by atoms with Gasteiger partial charge in [-0.05, 0) is 38.8 Å². The third-order valence-electron chi connectivity index (χ3n) is 4.27. The molecule has 0 spiro atoms. The smallest absolute Gasteiger partial charge is 0.136 e. The topological polar surface area (TPSA) is 42.7 Å². The zero-order valence-corrected chi connectivity index (χ0v) is 10.4. The maximum Gasteiger partial charge on any atom is 0.136 e. The second kappa shape index (κ2) is 5.17. The number of rotatable bonds is 2. The molecule has 3 rings (SSSR count). The van der Waals surface area contributed by atoms with Gasteiger partial charge in [0.05, 0.1) is 0 Å². The Hall–Kier alpha value is -0.900. The largest absolute Gasteiger partial charge is 0.317 e. The van der Waals surface area contributed by atoms with Crippen molar-refractivity contribution in [3.8, 4) is 0 Å². The van der Waals surface area contributed by atoms with Crippen molar-refractivity contribution >= 4 is 0 Å². The Labute approximate surface area is 103 Å². The van der Waals surface area contributed by atoms with Crippen LogP contribution in [0.1, 0.15) is 62.7 Å². The van der Waals surface area contributed by atoms with E-state index in [0.29, 0.717) is 12.0 Å². The SMILES string of the molecule is c1nnc(C2CCNCC2)n1C1CCCCC1. The third kappa shape index (κ3) is 2.37. The Balaban J connectivity index is 1.77. The summed E-state index contributed by atoms with van der Waals surface area (Å²) in [6.07, 6.45) is 11.2.